The molecular weight excluding hydrogens is 406 g/mol. The van der Waals surface area contributed by atoms with E-state index in [2.05, 4.69) is 0 Å². The van der Waals surface area contributed by atoms with Gasteiger partial charge in [0, 0.05) is 23.5 Å². The molecule has 0 saturated heterocycles. The van der Waals surface area contributed by atoms with Gasteiger partial charge in [0.15, 0.2) is 23.0 Å². The third-order valence-electron chi connectivity index (χ3n) is 6.89. The molecule has 4 rings (SSSR count). The number of primary amides is 1. The first-order valence-corrected chi connectivity index (χ1v) is 10.1. The van der Waals surface area contributed by atoms with Crippen molar-refractivity contribution >= 4 is 23.3 Å². The van der Waals surface area contributed by atoms with Crippen molar-refractivity contribution in [3.8, 4) is 5.75 Å². The van der Waals surface area contributed by atoms with Crippen LogP contribution in [0.25, 0.3) is 0 Å². The number of ketones is 3. The zero-order valence-corrected chi connectivity index (χ0v) is 16.8. The van der Waals surface area contributed by atoms with E-state index in [9.17, 15) is 39.6 Å². The molecule has 1 fully saturated rings. The Hall–Kier alpha value is -3.04. The van der Waals surface area contributed by atoms with Crippen LogP contribution in [0, 0.1) is 17.8 Å². The number of aliphatic hydroxyl groups is 3. The molecule has 31 heavy (non-hydrogen) atoms. The van der Waals surface area contributed by atoms with Gasteiger partial charge in [-0.25, -0.2) is 0 Å². The predicted molar refractivity (Wildman–Crippen MR) is 105 cm³/mol. The van der Waals surface area contributed by atoms with Gasteiger partial charge in [0.1, 0.15) is 17.4 Å². The van der Waals surface area contributed by atoms with Gasteiger partial charge < -0.3 is 26.2 Å². The van der Waals surface area contributed by atoms with Gasteiger partial charge in [0.05, 0.1) is 11.7 Å². The number of hydrogen-bond acceptors (Lipinski definition) is 8. The van der Waals surface area contributed by atoms with Crippen LogP contribution >= 0.6 is 0 Å². The van der Waals surface area contributed by atoms with Crippen LogP contribution in [-0.2, 0) is 16.0 Å². The van der Waals surface area contributed by atoms with Gasteiger partial charge in [0.2, 0.25) is 5.91 Å². The number of phenolic OH excluding ortho intramolecular Hbond substituents is 1. The van der Waals surface area contributed by atoms with Crippen molar-refractivity contribution in [2.24, 2.45) is 23.5 Å². The standard InChI is InChI=1S/C22H23NO8/c1-2-12(24)10-3-4-13(25)16-11(10)6-8-5-9-7-14(26)17(21(23)30)20(29)22(9,31)19(28)15(8)18(16)27/h3-4,8-9,14,17,25-26,28,31H,2,5-7H2,1H3,(H2,23,30)/t8-,9+,14?,17?,22+/m1/s1. The van der Waals surface area contributed by atoms with Crippen LogP contribution in [0.2, 0.25) is 0 Å². The van der Waals surface area contributed by atoms with Crippen LogP contribution in [0.15, 0.2) is 23.5 Å². The zero-order chi connectivity index (χ0) is 22.8. The molecule has 3 aliphatic rings. The number of benzene rings is 1. The number of carbonyl (C=O) groups excluding carboxylic acids is 4. The number of carbonyl (C=O) groups is 4. The number of aromatic hydroxyl groups is 1. The minimum absolute atomic E-state index is 0.0603. The number of hydrogen-bond donors (Lipinski definition) is 5. The fraction of sp³-hybridized carbons (Fsp3) is 0.455. The van der Waals surface area contributed by atoms with Gasteiger partial charge in [-0.2, -0.15) is 0 Å². The fourth-order valence-corrected chi connectivity index (χ4v) is 5.38. The molecule has 3 aliphatic carbocycles. The lowest BCUT2D eigenvalue weighted by atomic mass is 9.57. The molecule has 1 saturated carbocycles. The number of phenols is 1. The number of fused-ring (bicyclic) bond motifs is 3. The van der Waals surface area contributed by atoms with Gasteiger partial charge in [0.25, 0.3) is 0 Å². The summed E-state index contributed by atoms with van der Waals surface area (Å²) in [5, 5.41) is 42.7. The minimum atomic E-state index is -2.54. The highest BCUT2D eigenvalue weighted by atomic mass is 16.3. The summed E-state index contributed by atoms with van der Waals surface area (Å²) in [5.74, 6) is -7.82. The Morgan fingerprint density at radius 3 is 2.48 bits per heavy atom. The SMILES string of the molecule is CCC(=O)c1ccc(O)c2c1C[C@H]1C[C@H]3CC(O)C(C(N)=O)C(=O)[C@@]3(O)C(O)=C1C2=O. The van der Waals surface area contributed by atoms with Crippen molar-refractivity contribution in [2.75, 3.05) is 0 Å². The number of Topliss-reactive ketones (excluding diaryl/α,β-unsaturated/α-hetero) is 3. The Kier molecular flexibility index (Phi) is 4.79. The Labute approximate surface area is 177 Å². The molecule has 1 aromatic rings. The molecule has 1 amide bonds. The number of rotatable bonds is 3. The van der Waals surface area contributed by atoms with Crippen LogP contribution in [0.3, 0.4) is 0 Å². The van der Waals surface area contributed by atoms with E-state index in [1.54, 1.807) is 6.92 Å². The predicted octanol–water partition coefficient (Wildman–Crippen LogP) is 0.338. The Morgan fingerprint density at radius 1 is 1.19 bits per heavy atom. The first-order chi connectivity index (χ1) is 14.5. The molecule has 5 atom stereocenters. The molecule has 0 spiro atoms. The third-order valence-corrected chi connectivity index (χ3v) is 6.89. The number of aliphatic hydroxyl groups excluding tert-OH is 2. The Morgan fingerprint density at radius 2 is 1.87 bits per heavy atom. The lowest BCUT2D eigenvalue weighted by Crippen LogP contribution is -2.63. The molecule has 1 aromatic carbocycles. The van der Waals surface area contributed by atoms with Crippen molar-refractivity contribution in [1.29, 1.82) is 0 Å². The molecule has 2 unspecified atom stereocenters. The quantitative estimate of drug-likeness (QED) is 0.337. The van der Waals surface area contributed by atoms with Crippen molar-refractivity contribution in [3.05, 3.63) is 40.2 Å². The summed E-state index contributed by atoms with van der Waals surface area (Å²) in [5.41, 5.74) is 2.97. The third kappa shape index (κ3) is 2.76. The highest BCUT2D eigenvalue weighted by Crippen LogP contribution is 2.51. The van der Waals surface area contributed by atoms with E-state index in [-0.39, 0.29) is 48.4 Å². The zero-order valence-electron chi connectivity index (χ0n) is 16.8. The van der Waals surface area contributed by atoms with E-state index >= 15 is 0 Å². The topological polar surface area (TPSA) is 175 Å². The van der Waals surface area contributed by atoms with Crippen molar-refractivity contribution < 1.29 is 39.6 Å². The van der Waals surface area contributed by atoms with Gasteiger partial charge in [-0.3, -0.25) is 19.2 Å². The average Bonchev–Trinajstić information content (AvgIpc) is 2.70. The minimum Gasteiger partial charge on any atom is -0.508 e. The summed E-state index contributed by atoms with van der Waals surface area (Å²) >= 11 is 0. The van der Waals surface area contributed by atoms with Gasteiger partial charge >= 0.3 is 0 Å². The van der Waals surface area contributed by atoms with Crippen LogP contribution in [-0.4, -0.2) is 55.4 Å². The van der Waals surface area contributed by atoms with Crippen LogP contribution in [0.5, 0.6) is 5.75 Å². The summed E-state index contributed by atoms with van der Waals surface area (Å²) in [6.07, 6.45) is -1.21. The smallest absolute Gasteiger partial charge is 0.230 e. The fourth-order valence-electron chi connectivity index (χ4n) is 5.38. The molecule has 0 radical (unpaired) electrons. The van der Waals surface area contributed by atoms with Crippen LogP contribution < -0.4 is 5.73 Å². The molecule has 164 valence electrons. The molecular formula is C22H23NO8. The van der Waals surface area contributed by atoms with E-state index < -0.39 is 52.7 Å². The molecule has 0 aromatic heterocycles. The van der Waals surface area contributed by atoms with Crippen LogP contribution in [0.4, 0.5) is 0 Å². The monoisotopic (exact) mass is 429 g/mol. The maximum absolute atomic E-state index is 13.3. The largest absolute Gasteiger partial charge is 0.508 e. The van der Waals surface area contributed by atoms with E-state index in [0.29, 0.717) is 11.1 Å². The van der Waals surface area contributed by atoms with Gasteiger partial charge in [-0.15, -0.1) is 0 Å². The number of amides is 1. The van der Waals surface area contributed by atoms with Crippen LogP contribution in [0.1, 0.15) is 52.5 Å². The van der Waals surface area contributed by atoms with Crippen molar-refractivity contribution in [3.63, 3.8) is 0 Å². The Bertz CT molecular complexity index is 1070. The normalized spacial score (nSPS) is 32.2. The summed E-state index contributed by atoms with van der Waals surface area (Å²) in [6, 6.07) is 2.68. The van der Waals surface area contributed by atoms with E-state index in [1.807, 2.05) is 0 Å². The second kappa shape index (κ2) is 7.00. The molecule has 0 aliphatic heterocycles. The molecule has 0 bridgehead atoms. The lowest BCUT2D eigenvalue weighted by Gasteiger charge is -2.48. The summed E-state index contributed by atoms with van der Waals surface area (Å²) in [6.45, 7) is 1.67. The summed E-state index contributed by atoms with van der Waals surface area (Å²) < 4.78 is 0. The number of nitrogens with two attached hydrogens (primary N) is 1. The van der Waals surface area contributed by atoms with Crippen molar-refractivity contribution in [1.82, 2.24) is 0 Å². The van der Waals surface area contributed by atoms with Crippen molar-refractivity contribution in [2.45, 2.75) is 44.3 Å². The second-order valence-corrected chi connectivity index (χ2v) is 8.50. The molecule has 6 N–H and O–H groups in total. The van der Waals surface area contributed by atoms with Gasteiger partial charge in [-0.1, -0.05) is 6.92 Å². The molecule has 9 nitrogen and oxygen atoms in total. The maximum Gasteiger partial charge on any atom is 0.230 e. The molecule has 0 heterocycles. The first-order valence-electron chi connectivity index (χ1n) is 10.1. The summed E-state index contributed by atoms with van der Waals surface area (Å²) in [7, 11) is 0. The van der Waals surface area contributed by atoms with E-state index in [1.165, 1.54) is 12.1 Å². The van der Waals surface area contributed by atoms with E-state index in [0.717, 1.165) is 0 Å². The van der Waals surface area contributed by atoms with Gasteiger partial charge in [-0.05, 0) is 42.9 Å². The highest BCUT2D eigenvalue weighted by Gasteiger charge is 2.62. The van der Waals surface area contributed by atoms with E-state index in [4.69, 9.17) is 5.73 Å². The first kappa shape index (κ1) is 21.2. The summed E-state index contributed by atoms with van der Waals surface area (Å²) in [4.78, 5) is 50.3. The lowest BCUT2D eigenvalue weighted by molar-refractivity contribution is -0.167. The second-order valence-electron chi connectivity index (χ2n) is 8.50. The Balaban J connectivity index is 1.90. The highest BCUT2D eigenvalue weighted by molar-refractivity contribution is 6.16. The average molecular weight is 429 g/mol. The number of allylic oxidation sites excluding steroid dienone is 1. The maximum atomic E-state index is 13.3. The molecule has 9 heteroatoms.